The van der Waals surface area contributed by atoms with Gasteiger partial charge < -0.3 is 15.0 Å². The standard InChI is InChI=1S/C29H31FN2O3/c1-35-29(34)26-19-25(31-18-8-9-21-14-16-24(30)17-15-21)20-32(26)28(33)27(22-10-4-2-5-11-22)23-12-6-3-7-13-23/h2-7,10-17,25-27,31H,8-9,18-20H2,1H3. The molecule has 1 heterocycles. The third-order valence-corrected chi connectivity index (χ3v) is 6.56. The summed E-state index contributed by atoms with van der Waals surface area (Å²) in [4.78, 5) is 28.2. The van der Waals surface area contributed by atoms with E-state index >= 15 is 0 Å². The number of nitrogens with zero attached hydrogens (tertiary/aromatic N) is 1. The quantitative estimate of drug-likeness (QED) is 0.371. The summed E-state index contributed by atoms with van der Waals surface area (Å²) >= 11 is 0. The molecule has 1 aliphatic heterocycles. The van der Waals surface area contributed by atoms with Gasteiger partial charge >= 0.3 is 5.97 Å². The number of ether oxygens (including phenoxy) is 1. The average molecular weight is 475 g/mol. The van der Waals surface area contributed by atoms with E-state index in [-0.39, 0.29) is 17.8 Å². The lowest BCUT2D eigenvalue weighted by molar-refractivity contribution is -0.151. The molecule has 3 aromatic carbocycles. The van der Waals surface area contributed by atoms with Gasteiger partial charge in [-0.1, -0.05) is 72.8 Å². The van der Waals surface area contributed by atoms with Gasteiger partial charge in [-0.15, -0.1) is 0 Å². The Balaban J connectivity index is 1.46. The van der Waals surface area contributed by atoms with Crippen molar-refractivity contribution < 1.29 is 18.7 Å². The lowest BCUT2D eigenvalue weighted by atomic mass is 9.90. The number of carbonyl (C=O) groups is 2. The second-order valence-electron chi connectivity index (χ2n) is 8.90. The minimum atomic E-state index is -0.628. The fourth-order valence-corrected chi connectivity index (χ4v) is 4.77. The number of nitrogens with one attached hydrogen (secondary N) is 1. The number of benzene rings is 3. The molecule has 2 unspecified atom stereocenters. The Morgan fingerprint density at radius 2 is 1.57 bits per heavy atom. The van der Waals surface area contributed by atoms with Crippen LogP contribution in [-0.2, 0) is 20.7 Å². The van der Waals surface area contributed by atoms with Gasteiger partial charge in [0.25, 0.3) is 0 Å². The lowest BCUT2D eigenvalue weighted by Gasteiger charge is -2.28. The molecule has 4 rings (SSSR count). The molecule has 3 aromatic rings. The summed E-state index contributed by atoms with van der Waals surface area (Å²) in [6, 6.07) is 25.2. The van der Waals surface area contributed by atoms with Crippen LogP contribution in [0.2, 0.25) is 0 Å². The monoisotopic (exact) mass is 474 g/mol. The predicted molar refractivity (Wildman–Crippen MR) is 133 cm³/mol. The Bertz CT molecular complexity index is 1070. The molecule has 0 aliphatic carbocycles. The molecule has 2 atom stereocenters. The smallest absolute Gasteiger partial charge is 0.328 e. The summed E-state index contributed by atoms with van der Waals surface area (Å²) in [5.74, 6) is -1.23. The molecule has 6 heteroatoms. The number of esters is 1. The molecule has 0 spiro atoms. The Hall–Kier alpha value is -3.51. The molecule has 0 bridgehead atoms. The highest BCUT2D eigenvalue weighted by Crippen LogP contribution is 2.31. The first-order valence-corrected chi connectivity index (χ1v) is 12.0. The first-order valence-electron chi connectivity index (χ1n) is 12.0. The van der Waals surface area contributed by atoms with Gasteiger partial charge in [0.2, 0.25) is 5.91 Å². The number of halogens is 1. The maximum absolute atomic E-state index is 13.9. The number of aryl methyl sites for hydroxylation is 1. The van der Waals surface area contributed by atoms with Crippen molar-refractivity contribution >= 4 is 11.9 Å². The number of hydrogen-bond acceptors (Lipinski definition) is 4. The number of hydrogen-bond donors (Lipinski definition) is 1. The van der Waals surface area contributed by atoms with Gasteiger partial charge in [-0.3, -0.25) is 4.79 Å². The predicted octanol–water partition coefficient (Wildman–Crippen LogP) is 4.32. The van der Waals surface area contributed by atoms with E-state index in [2.05, 4.69) is 5.32 Å². The summed E-state index contributed by atoms with van der Waals surface area (Å²) in [6.07, 6.45) is 2.20. The Labute approximate surface area is 205 Å². The van der Waals surface area contributed by atoms with Crippen molar-refractivity contribution in [1.29, 1.82) is 0 Å². The van der Waals surface area contributed by atoms with Gasteiger partial charge in [0.15, 0.2) is 0 Å². The fraction of sp³-hybridized carbons (Fsp3) is 0.310. The highest BCUT2D eigenvalue weighted by molar-refractivity contribution is 5.91. The van der Waals surface area contributed by atoms with E-state index in [0.717, 1.165) is 36.1 Å². The van der Waals surface area contributed by atoms with Crippen LogP contribution in [0.3, 0.4) is 0 Å². The van der Waals surface area contributed by atoms with E-state index < -0.39 is 17.9 Å². The molecular weight excluding hydrogens is 443 g/mol. The first kappa shape index (κ1) is 24.6. The number of methoxy groups -OCH3 is 1. The minimum absolute atomic E-state index is 0.0107. The lowest BCUT2D eigenvalue weighted by Crippen LogP contribution is -2.44. The Morgan fingerprint density at radius 1 is 0.971 bits per heavy atom. The number of likely N-dealkylation sites (tertiary alicyclic amines) is 1. The van der Waals surface area contributed by atoms with Gasteiger partial charge in [-0.05, 0) is 54.6 Å². The van der Waals surface area contributed by atoms with Crippen molar-refractivity contribution in [2.45, 2.75) is 37.3 Å². The zero-order chi connectivity index (χ0) is 24.6. The summed E-state index contributed by atoms with van der Waals surface area (Å²) in [5, 5.41) is 3.50. The molecule has 1 fully saturated rings. The molecule has 0 saturated carbocycles. The third kappa shape index (κ3) is 6.14. The zero-order valence-corrected chi connectivity index (χ0v) is 19.9. The van der Waals surface area contributed by atoms with Gasteiger partial charge in [-0.2, -0.15) is 0 Å². The molecule has 1 saturated heterocycles. The van der Waals surface area contributed by atoms with Crippen molar-refractivity contribution in [2.75, 3.05) is 20.2 Å². The molecule has 0 radical (unpaired) electrons. The largest absolute Gasteiger partial charge is 0.467 e. The molecule has 182 valence electrons. The van der Waals surface area contributed by atoms with E-state index in [9.17, 15) is 14.0 Å². The van der Waals surface area contributed by atoms with Crippen LogP contribution in [0.1, 0.15) is 35.4 Å². The van der Waals surface area contributed by atoms with E-state index in [1.807, 2.05) is 60.7 Å². The van der Waals surface area contributed by atoms with Crippen molar-refractivity contribution in [3.63, 3.8) is 0 Å². The van der Waals surface area contributed by atoms with Crippen molar-refractivity contribution in [3.8, 4) is 0 Å². The van der Waals surface area contributed by atoms with E-state index in [4.69, 9.17) is 4.74 Å². The van der Waals surface area contributed by atoms with Crippen LogP contribution in [0.5, 0.6) is 0 Å². The summed E-state index contributed by atoms with van der Waals surface area (Å²) in [5.41, 5.74) is 2.86. The maximum Gasteiger partial charge on any atom is 0.328 e. The van der Waals surface area contributed by atoms with Gasteiger partial charge in [-0.25, -0.2) is 9.18 Å². The highest BCUT2D eigenvalue weighted by atomic mass is 19.1. The zero-order valence-electron chi connectivity index (χ0n) is 19.9. The highest BCUT2D eigenvalue weighted by Gasteiger charge is 2.42. The third-order valence-electron chi connectivity index (χ3n) is 6.56. The van der Waals surface area contributed by atoms with E-state index in [1.165, 1.54) is 19.2 Å². The van der Waals surface area contributed by atoms with Crippen LogP contribution < -0.4 is 5.32 Å². The number of rotatable bonds is 9. The number of carbonyl (C=O) groups excluding carboxylic acids is 2. The van der Waals surface area contributed by atoms with Gasteiger partial charge in [0.1, 0.15) is 11.9 Å². The normalized spacial score (nSPS) is 17.5. The molecule has 1 amide bonds. The van der Waals surface area contributed by atoms with Crippen molar-refractivity contribution in [2.24, 2.45) is 0 Å². The minimum Gasteiger partial charge on any atom is -0.467 e. The summed E-state index contributed by atoms with van der Waals surface area (Å²) in [6.45, 7) is 1.17. The summed E-state index contributed by atoms with van der Waals surface area (Å²) in [7, 11) is 1.36. The van der Waals surface area contributed by atoms with Gasteiger partial charge in [0, 0.05) is 12.6 Å². The first-order chi connectivity index (χ1) is 17.1. The van der Waals surface area contributed by atoms with Crippen molar-refractivity contribution in [1.82, 2.24) is 10.2 Å². The van der Waals surface area contributed by atoms with Crippen LogP contribution in [0.25, 0.3) is 0 Å². The topological polar surface area (TPSA) is 58.6 Å². The summed E-state index contributed by atoms with van der Waals surface area (Å²) < 4.78 is 18.2. The van der Waals surface area contributed by atoms with Gasteiger partial charge in [0.05, 0.1) is 13.0 Å². The molecule has 1 aliphatic rings. The average Bonchev–Trinajstić information content (AvgIpc) is 3.33. The molecule has 35 heavy (non-hydrogen) atoms. The number of amides is 1. The molecule has 0 aromatic heterocycles. The molecule has 1 N–H and O–H groups in total. The van der Waals surface area contributed by atoms with E-state index in [1.54, 1.807) is 17.0 Å². The van der Waals surface area contributed by atoms with E-state index in [0.29, 0.717) is 13.0 Å². The van der Waals surface area contributed by atoms with Crippen molar-refractivity contribution in [3.05, 3.63) is 107 Å². The van der Waals surface area contributed by atoms with Crippen LogP contribution in [-0.4, -0.2) is 49.1 Å². The second-order valence-corrected chi connectivity index (χ2v) is 8.90. The van der Waals surface area contributed by atoms with Crippen LogP contribution in [0.4, 0.5) is 4.39 Å². The fourth-order valence-electron chi connectivity index (χ4n) is 4.77. The second kappa shape index (κ2) is 11.8. The maximum atomic E-state index is 13.9. The van der Waals surface area contributed by atoms with Crippen LogP contribution >= 0.6 is 0 Å². The Kier molecular flexibility index (Phi) is 8.27. The van der Waals surface area contributed by atoms with Crippen LogP contribution in [0.15, 0.2) is 84.9 Å². The SMILES string of the molecule is COC(=O)C1CC(NCCCc2ccc(F)cc2)CN1C(=O)C(c1ccccc1)c1ccccc1. The molecular formula is C29H31FN2O3. The Morgan fingerprint density at radius 3 is 2.14 bits per heavy atom. The molecule has 5 nitrogen and oxygen atoms in total. The van der Waals surface area contributed by atoms with Crippen LogP contribution in [0, 0.1) is 5.82 Å².